The third-order valence-corrected chi connectivity index (χ3v) is 5.17. The smallest absolute Gasteiger partial charge is 0.196 e. The van der Waals surface area contributed by atoms with Crippen molar-refractivity contribution in [3.8, 4) is 17.3 Å². The van der Waals surface area contributed by atoms with Gasteiger partial charge < -0.3 is 9.47 Å². The number of benzene rings is 1. The molecule has 27 heavy (non-hydrogen) atoms. The van der Waals surface area contributed by atoms with Crippen molar-refractivity contribution in [2.24, 2.45) is 0 Å². The molecule has 2 heterocycles. The van der Waals surface area contributed by atoms with Crippen LogP contribution in [0.3, 0.4) is 0 Å². The van der Waals surface area contributed by atoms with Gasteiger partial charge in [0.1, 0.15) is 22.4 Å². The monoisotopic (exact) mass is 387 g/mol. The molecule has 0 radical (unpaired) electrons. The number of aromatic nitrogens is 3. The molecule has 7 heteroatoms. The molecule has 0 aliphatic rings. The van der Waals surface area contributed by atoms with Crippen LogP contribution in [0.4, 0.5) is 0 Å². The zero-order chi connectivity index (χ0) is 19.4. The van der Waals surface area contributed by atoms with Crippen LogP contribution in [0, 0.1) is 6.92 Å². The fourth-order valence-corrected chi connectivity index (χ4v) is 3.69. The molecule has 0 aliphatic heterocycles. The minimum absolute atomic E-state index is 0.357. The van der Waals surface area contributed by atoms with E-state index in [1.54, 1.807) is 16.4 Å². The van der Waals surface area contributed by atoms with E-state index in [0.29, 0.717) is 23.9 Å². The van der Waals surface area contributed by atoms with Crippen molar-refractivity contribution in [1.29, 1.82) is 0 Å². The van der Waals surface area contributed by atoms with Gasteiger partial charge in [-0.15, -0.1) is 0 Å². The first-order chi connectivity index (χ1) is 13.0. The van der Waals surface area contributed by atoms with Crippen LogP contribution in [0.2, 0.25) is 0 Å². The van der Waals surface area contributed by atoms with E-state index in [-0.39, 0.29) is 6.29 Å². The molecule has 0 N–H and O–H groups in total. The van der Waals surface area contributed by atoms with Crippen LogP contribution in [0.25, 0.3) is 22.6 Å². The molecule has 0 saturated carbocycles. The summed E-state index contributed by atoms with van der Waals surface area (Å²) < 4.78 is 25.7. The van der Waals surface area contributed by atoms with Gasteiger partial charge in [0.2, 0.25) is 0 Å². The van der Waals surface area contributed by atoms with Gasteiger partial charge in [-0.05, 0) is 38.5 Å². The lowest BCUT2D eigenvalue weighted by molar-refractivity contribution is -0.0677. The van der Waals surface area contributed by atoms with E-state index in [2.05, 4.69) is 16.9 Å². The van der Waals surface area contributed by atoms with Gasteiger partial charge in [0.15, 0.2) is 12.1 Å². The molecule has 0 fully saturated rings. The second-order valence-corrected chi connectivity index (χ2v) is 7.55. The van der Waals surface area contributed by atoms with Crippen LogP contribution in [-0.4, -0.2) is 37.3 Å². The number of fused-ring (bicyclic) bond motifs is 1. The van der Waals surface area contributed by atoms with Gasteiger partial charge in [-0.3, -0.25) is 4.98 Å². The largest absolute Gasteiger partial charge is 0.465 e. The number of pyridine rings is 1. The molecular weight excluding hydrogens is 362 g/mol. The van der Waals surface area contributed by atoms with Crippen molar-refractivity contribution < 1.29 is 13.7 Å². The maximum absolute atomic E-state index is 12.4. The lowest BCUT2D eigenvalue weighted by atomic mass is 10.2. The van der Waals surface area contributed by atoms with Gasteiger partial charge in [-0.1, -0.05) is 25.5 Å². The lowest BCUT2D eigenvalue weighted by Gasteiger charge is -2.18. The standard InChI is InChI=1S/C20H25N3O3S/c1-5-6-13-25-15(3)26-18-11-12-21-19(14(18)2)20-22-16-9-7-8-10-17(16)23(20)27(4)24/h7-12,15H,5-6,13H2,1-4H3. The summed E-state index contributed by atoms with van der Waals surface area (Å²) in [5.74, 6) is 1.25. The average Bonchev–Trinajstić information content (AvgIpc) is 3.03. The molecule has 0 spiro atoms. The summed E-state index contributed by atoms with van der Waals surface area (Å²) in [6.07, 6.45) is 5.04. The number of para-hydroxylation sites is 2. The lowest BCUT2D eigenvalue weighted by Crippen LogP contribution is -2.18. The van der Waals surface area contributed by atoms with Crippen LogP contribution in [0.15, 0.2) is 36.5 Å². The van der Waals surface area contributed by atoms with E-state index in [0.717, 1.165) is 29.4 Å². The van der Waals surface area contributed by atoms with Crippen molar-refractivity contribution in [2.45, 2.75) is 39.9 Å². The molecule has 2 unspecified atom stereocenters. The highest BCUT2D eigenvalue weighted by Gasteiger charge is 2.20. The highest BCUT2D eigenvalue weighted by Crippen LogP contribution is 2.31. The maximum atomic E-state index is 12.4. The Kier molecular flexibility index (Phi) is 6.23. The predicted octanol–water partition coefficient (Wildman–Crippen LogP) is 4.09. The predicted molar refractivity (Wildman–Crippen MR) is 108 cm³/mol. The van der Waals surface area contributed by atoms with Gasteiger partial charge in [-0.25, -0.2) is 13.2 Å². The van der Waals surface area contributed by atoms with Crippen molar-refractivity contribution in [1.82, 2.24) is 13.9 Å². The fraction of sp³-hybridized carbons (Fsp3) is 0.400. The molecule has 3 aromatic rings. The summed E-state index contributed by atoms with van der Waals surface area (Å²) >= 11 is 0. The second-order valence-electron chi connectivity index (χ2n) is 6.33. The molecule has 0 aliphatic carbocycles. The first-order valence-electron chi connectivity index (χ1n) is 9.08. The van der Waals surface area contributed by atoms with Crippen molar-refractivity contribution in [2.75, 3.05) is 12.9 Å². The van der Waals surface area contributed by atoms with E-state index < -0.39 is 11.0 Å². The Labute approximate surface area is 162 Å². The SMILES string of the molecule is CCCCOC(C)Oc1ccnc(-c2nc3ccccc3n2S(C)=O)c1C. The summed E-state index contributed by atoms with van der Waals surface area (Å²) in [5, 5.41) is 0. The topological polar surface area (TPSA) is 66.2 Å². The first kappa shape index (κ1) is 19.5. The normalized spacial score (nSPS) is 13.6. The van der Waals surface area contributed by atoms with Crippen LogP contribution in [0.1, 0.15) is 32.3 Å². The third-order valence-electron chi connectivity index (χ3n) is 4.29. The summed E-state index contributed by atoms with van der Waals surface area (Å²) in [7, 11) is -1.27. The van der Waals surface area contributed by atoms with Gasteiger partial charge >= 0.3 is 0 Å². The molecule has 2 aromatic heterocycles. The Bertz CT molecular complexity index is 955. The van der Waals surface area contributed by atoms with Crippen molar-refractivity contribution in [3.63, 3.8) is 0 Å². The highest BCUT2D eigenvalue weighted by atomic mass is 32.2. The number of ether oxygens (including phenoxy) is 2. The molecule has 144 valence electrons. The Balaban J connectivity index is 1.98. The number of nitrogens with zero attached hydrogens (tertiary/aromatic N) is 3. The second kappa shape index (κ2) is 8.63. The molecule has 0 amide bonds. The molecule has 2 atom stereocenters. The van der Waals surface area contributed by atoms with E-state index >= 15 is 0 Å². The van der Waals surface area contributed by atoms with E-state index in [1.165, 1.54) is 0 Å². The first-order valence-corrected chi connectivity index (χ1v) is 10.6. The summed E-state index contributed by atoms with van der Waals surface area (Å²) in [6.45, 7) is 6.60. The van der Waals surface area contributed by atoms with E-state index in [1.807, 2.05) is 44.2 Å². The van der Waals surface area contributed by atoms with Crippen molar-refractivity contribution in [3.05, 3.63) is 42.1 Å². The Morgan fingerprint density at radius 2 is 2.04 bits per heavy atom. The highest BCUT2D eigenvalue weighted by molar-refractivity contribution is 7.83. The Hall–Kier alpha value is -2.25. The number of imidazole rings is 1. The fourth-order valence-electron chi connectivity index (χ4n) is 2.89. The van der Waals surface area contributed by atoms with Crippen LogP contribution in [-0.2, 0) is 15.7 Å². The Morgan fingerprint density at radius 1 is 1.26 bits per heavy atom. The van der Waals surface area contributed by atoms with Gasteiger partial charge in [0, 0.05) is 18.0 Å². The summed E-state index contributed by atoms with van der Waals surface area (Å²) in [6, 6.07) is 9.45. The third kappa shape index (κ3) is 4.20. The number of hydrogen-bond acceptors (Lipinski definition) is 5. The Morgan fingerprint density at radius 3 is 2.78 bits per heavy atom. The summed E-state index contributed by atoms with van der Waals surface area (Å²) in [5.41, 5.74) is 3.09. The number of hydrogen-bond donors (Lipinski definition) is 0. The van der Waals surface area contributed by atoms with Crippen molar-refractivity contribution >= 4 is 22.0 Å². The number of rotatable bonds is 8. The van der Waals surface area contributed by atoms with E-state index in [9.17, 15) is 4.21 Å². The van der Waals surface area contributed by atoms with Gasteiger partial charge in [-0.2, -0.15) is 0 Å². The van der Waals surface area contributed by atoms with Gasteiger partial charge in [0.25, 0.3) is 0 Å². The molecule has 3 rings (SSSR count). The van der Waals surface area contributed by atoms with Gasteiger partial charge in [0.05, 0.1) is 17.6 Å². The molecule has 1 aromatic carbocycles. The van der Waals surface area contributed by atoms with Crippen LogP contribution >= 0.6 is 0 Å². The zero-order valence-electron chi connectivity index (χ0n) is 16.1. The molecule has 0 bridgehead atoms. The minimum Gasteiger partial charge on any atom is -0.465 e. The van der Waals surface area contributed by atoms with Crippen LogP contribution in [0.5, 0.6) is 5.75 Å². The number of unbranched alkanes of at least 4 members (excludes halogenated alkanes) is 1. The molecule has 6 nitrogen and oxygen atoms in total. The summed E-state index contributed by atoms with van der Waals surface area (Å²) in [4.78, 5) is 9.16. The maximum Gasteiger partial charge on any atom is 0.196 e. The quantitative estimate of drug-likeness (QED) is 0.430. The minimum atomic E-state index is -1.27. The van der Waals surface area contributed by atoms with E-state index in [4.69, 9.17) is 9.47 Å². The van der Waals surface area contributed by atoms with Crippen LogP contribution < -0.4 is 4.74 Å². The molecule has 0 saturated heterocycles. The zero-order valence-corrected chi connectivity index (χ0v) is 17.0. The average molecular weight is 388 g/mol. The molecular formula is C20H25N3O3S.